The molecule has 2 rings (SSSR count). The molecule has 92 valence electrons. The average Bonchev–Trinajstić information content (AvgIpc) is 2.38. The SMILES string of the molecule is COc1ccc(C(=O)c2ncccc2N)c(C)c1. The highest BCUT2D eigenvalue weighted by molar-refractivity contribution is 6.11. The van der Waals surface area contributed by atoms with Gasteiger partial charge in [-0.3, -0.25) is 9.78 Å². The number of carbonyl (C=O) groups is 1. The summed E-state index contributed by atoms with van der Waals surface area (Å²) in [6.07, 6.45) is 1.56. The van der Waals surface area contributed by atoms with Crippen LogP contribution in [0.4, 0.5) is 5.69 Å². The van der Waals surface area contributed by atoms with Crippen molar-refractivity contribution in [2.45, 2.75) is 6.92 Å². The Balaban J connectivity index is 2.44. The second kappa shape index (κ2) is 4.87. The van der Waals surface area contributed by atoms with Crippen molar-refractivity contribution in [3.05, 3.63) is 53.3 Å². The number of nitrogens with two attached hydrogens (primary N) is 1. The highest BCUT2D eigenvalue weighted by Crippen LogP contribution is 2.21. The first kappa shape index (κ1) is 12.1. The van der Waals surface area contributed by atoms with Crippen molar-refractivity contribution < 1.29 is 9.53 Å². The lowest BCUT2D eigenvalue weighted by atomic mass is 10.0. The molecule has 0 fully saturated rings. The van der Waals surface area contributed by atoms with Gasteiger partial charge in [-0.15, -0.1) is 0 Å². The van der Waals surface area contributed by atoms with Crippen molar-refractivity contribution in [3.8, 4) is 5.75 Å². The zero-order valence-electron chi connectivity index (χ0n) is 10.3. The Morgan fingerprint density at radius 3 is 2.72 bits per heavy atom. The summed E-state index contributed by atoms with van der Waals surface area (Å²) in [6, 6.07) is 8.66. The zero-order chi connectivity index (χ0) is 13.1. The zero-order valence-corrected chi connectivity index (χ0v) is 10.3. The van der Waals surface area contributed by atoms with E-state index >= 15 is 0 Å². The molecule has 0 spiro atoms. The van der Waals surface area contributed by atoms with E-state index in [9.17, 15) is 4.79 Å². The van der Waals surface area contributed by atoms with Gasteiger partial charge in [0.05, 0.1) is 12.8 Å². The fourth-order valence-electron chi connectivity index (χ4n) is 1.75. The van der Waals surface area contributed by atoms with Crippen molar-refractivity contribution in [2.24, 2.45) is 0 Å². The maximum absolute atomic E-state index is 12.3. The van der Waals surface area contributed by atoms with Crippen molar-refractivity contribution in [1.82, 2.24) is 4.98 Å². The molecule has 2 aromatic rings. The number of ether oxygens (including phenoxy) is 1. The van der Waals surface area contributed by atoms with Crippen LogP contribution in [0.2, 0.25) is 0 Å². The lowest BCUT2D eigenvalue weighted by molar-refractivity contribution is 0.103. The summed E-state index contributed by atoms with van der Waals surface area (Å²) < 4.78 is 5.11. The normalized spacial score (nSPS) is 10.1. The Bertz CT molecular complexity index is 594. The molecule has 0 saturated heterocycles. The molecule has 1 aromatic heterocycles. The number of nitrogens with zero attached hydrogens (tertiary/aromatic N) is 1. The van der Waals surface area contributed by atoms with E-state index in [0.29, 0.717) is 11.3 Å². The topological polar surface area (TPSA) is 65.2 Å². The molecule has 1 aromatic carbocycles. The van der Waals surface area contributed by atoms with Gasteiger partial charge in [0.15, 0.2) is 0 Å². The summed E-state index contributed by atoms with van der Waals surface area (Å²) in [5, 5.41) is 0. The maximum atomic E-state index is 12.3. The van der Waals surface area contributed by atoms with Crippen LogP contribution in [-0.2, 0) is 0 Å². The third kappa shape index (κ3) is 2.18. The summed E-state index contributed by atoms with van der Waals surface area (Å²) in [4.78, 5) is 16.3. The Morgan fingerprint density at radius 1 is 1.33 bits per heavy atom. The number of hydrogen-bond donors (Lipinski definition) is 1. The van der Waals surface area contributed by atoms with Gasteiger partial charge in [-0.05, 0) is 42.8 Å². The number of pyridine rings is 1. The van der Waals surface area contributed by atoms with Gasteiger partial charge in [-0.25, -0.2) is 0 Å². The van der Waals surface area contributed by atoms with Crippen molar-refractivity contribution in [2.75, 3.05) is 12.8 Å². The number of aryl methyl sites for hydroxylation is 1. The highest BCUT2D eigenvalue weighted by atomic mass is 16.5. The average molecular weight is 242 g/mol. The minimum absolute atomic E-state index is 0.173. The van der Waals surface area contributed by atoms with Crippen LogP contribution in [0.1, 0.15) is 21.6 Å². The van der Waals surface area contributed by atoms with E-state index in [1.165, 1.54) is 0 Å². The van der Waals surface area contributed by atoms with Crippen molar-refractivity contribution in [1.29, 1.82) is 0 Å². The van der Waals surface area contributed by atoms with Crippen LogP contribution < -0.4 is 10.5 Å². The molecule has 4 nitrogen and oxygen atoms in total. The summed E-state index contributed by atoms with van der Waals surface area (Å²) in [7, 11) is 1.59. The summed E-state index contributed by atoms with van der Waals surface area (Å²) >= 11 is 0. The fraction of sp³-hybridized carbons (Fsp3) is 0.143. The predicted octanol–water partition coefficient (Wildman–Crippen LogP) is 2.21. The molecule has 18 heavy (non-hydrogen) atoms. The van der Waals surface area contributed by atoms with Crippen LogP contribution in [0, 0.1) is 6.92 Å². The number of carbonyl (C=O) groups excluding carboxylic acids is 1. The second-order valence-electron chi connectivity index (χ2n) is 3.95. The van der Waals surface area contributed by atoms with E-state index in [2.05, 4.69) is 4.98 Å². The van der Waals surface area contributed by atoms with Crippen molar-refractivity contribution >= 4 is 11.5 Å². The van der Waals surface area contributed by atoms with E-state index in [1.807, 2.05) is 13.0 Å². The molecule has 0 amide bonds. The van der Waals surface area contributed by atoms with Gasteiger partial charge in [-0.1, -0.05) is 0 Å². The number of ketones is 1. The standard InChI is InChI=1S/C14H14N2O2/c1-9-8-10(18-2)5-6-11(9)14(17)13-12(15)4-3-7-16-13/h3-8H,15H2,1-2H3. The first-order chi connectivity index (χ1) is 8.63. The predicted molar refractivity (Wildman–Crippen MR) is 69.8 cm³/mol. The number of anilines is 1. The Hall–Kier alpha value is -2.36. The lowest BCUT2D eigenvalue weighted by Gasteiger charge is -2.08. The van der Waals surface area contributed by atoms with Crippen LogP contribution in [0.25, 0.3) is 0 Å². The molecule has 0 saturated carbocycles. The van der Waals surface area contributed by atoms with E-state index in [1.54, 1.807) is 37.6 Å². The minimum atomic E-state index is -0.173. The first-order valence-electron chi connectivity index (χ1n) is 5.53. The van der Waals surface area contributed by atoms with Crippen LogP contribution in [0.5, 0.6) is 5.75 Å². The fourth-order valence-corrected chi connectivity index (χ4v) is 1.75. The number of hydrogen-bond acceptors (Lipinski definition) is 4. The van der Waals surface area contributed by atoms with Gasteiger partial charge < -0.3 is 10.5 Å². The molecule has 0 radical (unpaired) electrons. The molecular weight excluding hydrogens is 228 g/mol. The maximum Gasteiger partial charge on any atom is 0.213 e. The summed E-state index contributed by atoms with van der Waals surface area (Å²) in [5.74, 6) is 0.547. The van der Waals surface area contributed by atoms with Crippen LogP contribution in [0.15, 0.2) is 36.5 Å². The molecule has 0 atom stereocenters. The monoisotopic (exact) mass is 242 g/mol. The number of methoxy groups -OCH3 is 1. The Kier molecular flexibility index (Phi) is 3.28. The summed E-state index contributed by atoms with van der Waals surface area (Å²) in [5.41, 5.74) is 7.85. The van der Waals surface area contributed by atoms with Gasteiger partial charge in [0.2, 0.25) is 5.78 Å². The number of aromatic nitrogens is 1. The largest absolute Gasteiger partial charge is 0.497 e. The van der Waals surface area contributed by atoms with Gasteiger partial charge in [0.25, 0.3) is 0 Å². The molecule has 4 heteroatoms. The van der Waals surface area contributed by atoms with Crippen LogP contribution >= 0.6 is 0 Å². The highest BCUT2D eigenvalue weighted by Gasteiger charge is 2.15. The van der Waals surface area contributed by atoms with Gasteiger partial charge in [0, 0.05) is 11.8 Å². The van der Waals surface area contributed by atoms with E-state index in [-0.39, 0.29) is 11.5 Å². The molecule has 0 aliphatic rings. The number of rotatable bonds is 3. The lowest BCUT2D eigenvalue weighted by Crippen LogP contribution is -2.09. The first-order valence-corrected chi connectivity index (χ1v) is 5.53. The van der Waals surface area contributed by atoms with E-state index in [4.69, 9.17) is 10.5 Å². The van der Waals surface area contributed by atoms with Gasteiger partial charge in [-0.2, -0.15) is 0 Å². The second-order valence-corrected chi connectivity index (χ2v) is 3.95. The third-order valence-electron chi connectivity index (χ3n) is 2.73. The molecule has 0 bridgehead atoms. The minimum Gasteiger partial charge on any atom is -0.497 e. The Labute approximate surface area is 105 Å². The van der Waals surface area contributed by atoms with Crippen LogP contribution in [-0.4, -0.2) is 17.9 Å². The molecule has 0 unspecified atom stereocenters. The molecule has 0 aliphatic carbocycles. The number of benzene rings is 1. The van der Waals surface area contributed by atoms with E-state index < -0.39 is 0 Å². The number of nitrogen functional groups attached to an aromatic ring is 1. The van der Waals surface area contributed by atoms with Crippen molar-refractivity contribution in [3.63, 3.8) is 0 Å². The third-order valence-corrected chi connectivity index (χ3v) is 2.73. The molecule has 1 heterocycles. The van der Waals surface area contributed by atoms with Crippen LogP contribution in [0.3, 0.4) is 0 Å². The van der Waals surface area contributed by atoms with E-state index in [0.717, 1.165) is 11.3 Å². The molecular formula is C14H14N2O2. The van der Waals surface area contributed by atoms with Gasteiger partial charge >= 0.3 is 0 Å². The molecule has 2 N–H and O–H groups in total. The molecule has 0 aliphatic heterocycles. The smallest absolute Gasteiger partial charge is 0.213 e. The quantitative estimate of drug-likeness (QED) is 0.838. The summed E-state index contributed by atoms with van der Waals surface area (Å²) in [6.45, 7) is 1.86. The Morgan fingerprint density at radius 2 is 2.11 bits per heavy atom. The van der Waals surface area contributed by atoms with Gasteiger partial charge in [0.1, 0.15) is 11.4 Å².